The summed E-state index contributed by atoms with van der Waals surface area (Å²) in [5.74, 6) is 0.222. The van der Waals surface area contributed by atoms with Gasteiger partial charge in [0.2, 0.25) is 5.91 Å². The van der Waals surface area contributed by atoms with Crippen LogP contribution in [-0.4, -0.2) is 34.4 Å². The van der Waals surface area contributed by atoms with Crippen molar-refractivity contribution < 1.29 is 9.59 Å². The normalized spacial score (nSPS) is 16.5. The number of anilines is 2. The second-order valence-electron chi connectivity index (χ2n) is 6.07. The van der Waals surface area contributed by atoms with Crippen LogP contribution in [0.5, 0.6) is 0 Å². The van der Waals surface area contributed by atoms with E-state index in [1.807, 2.05) is 32.0 Å². The van der Waals surface area contributed by atoms with Crippen molar-refractivity contribution in [3.8, 4) is 0 Å². The number of benzene rings is 1. The van der Waals surface area contributed by atoms with Crippen molar-refractivity contribution in [2.45, 2.75) is 20.0 Å². The molecule has 24 heavy (non-hydrogen) atoms. The third-order valence-corrected chi connectivity index (χ3v) is 3.94. The second kappa shape index (κ2) is 6.70. The number of aromatic nitrogens is 1. The first kappa shape index (κ1) is 16.0. The first-order valence-corrected chi connectivity index (χ1v) is 7.93. The van der Waals surface area contributed by atoms with E-state index in [-0.39, 0.29) is 30.4 Å². The summed E-state index contributed by atoms with van der Waals surface area (Å²) in [4.78, 5) is 30.8. The number of carbonyl (C=O) groups excluding carboxylic acids is 2. The van der Waals surface area contributed by atoms with Crippen molar-refractivity contribution in [3.63, 3.8) is 0 Å². The van der Waals surface area contributed by atoms with Gasteiger partial charge in [0.25, 0.3) is 5.91 Å². The Hall–Kier alpha value is -2.89. The maximum Gasteiger partial charge on any atom is 0.258 e. The molecule has 1 aliphatic rings. The fourth-order valence-electron chi connectivity index (χ4n) is 2.78. The molecule has 2 amide bonds. The van der Waals surface area contributed by atoms with Crippen LogP contribution < -0.4 is 10.6 Å². The second-order valence-corrected chi connectivity index (χ2v) is 6.07. The van der Waals surface area contributed by atoms with E-state index in [1.165, 1.54) is 0 Å². The summed E-state index contributed by atoms with van der Waals surface area (Å²) < 4.78 is 0. The topological polar surface area (TPSA) is 74.3 Å². The van der Waals surface area contributed by atoms with E-state index in [4.69, 9.17) is 0 Å². The summed E-state index contributed by atoms with van der Waals surface area (Å²) in [6.45, 7) is 4.00. The lowest BCUT2D eigenvalue weighted by Crippen LogP contribution is -2.53. The van der Waals surface area contributed by atoms with Gasteiger partial charge in [0.1, 0.15) is 18.5 Å². The molecule has 0 fully saturated rings. The number of carbonyl (C=O) groups is 2. The van der Waals surface area contributed by atoms with Gasteiger partial charge in [-0.25, -0.2) is 4.98 Å². The summed E-state index contributed by atoms with van der Waals surface area (Å²) in [6.07, 6.45) is 1.37. The van der Waals surface area contributed by atoms with Crippen LogP contribution in [0.15, 0.2) is 48.7 Å². The SMILES string of the molecule is CC(C)[C@H]1Nc2ccccc2C(=O)N1CC(=O)Nc1ccccn1. The van der Waals surface area contributed by atoms with Crippen LogP contribution >= 0.6 is 0 Å². The van der Waals surface area contributed by atoms with Gasteiger partial charge in [0.15, 0.2) is 0 Å². The smallest absolute Gasteiger partial charge is 0.258 e. The number of hydrogen-bond donors (Lipinski definition) is 2. The Morgan fingerprint density at radius 3 is 2.71 bits per heavy atom. The van der Waals surface area contributed by atoms with Crippen molar-refractivity contribution in [2.75, 3.05) is 17.2 Å². The minimum absolute atomic E-state index is 0.0282. The summed E-state index contributed by atoms with van der Waals surface area (Å²) in [5.41, 5.74) is 1.39. The maximum atomic E-state index is 12.8. The van der Waals surface area contributed by atoms with Crippen molar-refractivity contribution >= 4 is 23.3 Å². The molecule has 1 aliphatic heterocycles. The van der Waals surface area contributed by atoms with Gasteiger partial charge in [-0.2, -0.15) is 0 Å². The van der Waals surface area contributed by atoms with Gasteiger partial charge in [0.05, 0.1) is 5.56 Å². The molecule has 2 aromatic rings. The molecule has 1 aromatic heterocycles. The maximum absolute atomic E-state index is 12.8. The highest BCUT2D eigenvalue weighted by Gasteiger charge is 2.34. The minimum Gasteiger partial charge on any atom is -0.364 e. The van der Waals surface area contributed by atoms with Gasteiger partial charge in [0, 0.05) is 11.9 Å². The van der Waals surface area contributed by atoms with Crippen LogP contribution in [-0.2, 0) is 4.79 Å². The third kappa shape index (κ3) is 3.22. The van der Waals surface area contributed by atoms with E-state index >= 15 is 0 Å². The van der Waals surface area contributed by atoms with E-state index < -0.39 is 0 Å². The van der Waals surface area contributed by atoms with Gasteiger partial charge in [-0.1, -0.05) is 32.0 Å². The molecular formula is C18H20N4O2. The van der Waals surface area contributed by atoms with E-state index in [9.17, 15) is 9.59 Å². The summed E-state index contributed by atoms with van der Waals surface area (Å²) in [5, 5.41) is 6.08. The van der Waals surface area contributed by atoms with E-state index in [1.54, 1.807) is 35.4 Å². The van der Waals surface area contributed by atoms with Gasteiger partial charge < -0.3 is 15.5 Å². The van der Waals surface area contributed by atoms with Crippen LogP contribution in [0.1, 0.15) is 24.2 Å². The van der Waals surface area contributed by atoms with Gasteiger partial charge in [-0.15, -0.1) is 0 Å². The van der Waals surface area contributed by atoms with Gasteiger partial charge in [-0.3, -0.25) is 9.59 Å². The highest BCUT2D eigenvalue weighted by atomic mass is 16.2. The molecular weight excluding hydrogens is 304 g/mol. The molecule has 1 atom stereocenters. The van der Waals surface area contributed by atoms with Crippen molar-refractivity contribution in [1.29, 1.82) is 0 Å². The molecule has 0 spiro atoms. The van der Waals surface area contributed by atoms with Gasteiger partial charge in [-0.05, 0) is 30.2 Å². The van der Waals surface area contributed by atoms with E-state index in [0.717, 1.165) is 5.69 Å². The quantitative estimate of drug-likeness (QED) is 0.906. The highest BCUT2D eigenvalue weighted by Crippen LogP contribution is 2.27. The van der Waals surface area contributed by atoms with Crippen molar-refractivity contribution in [3.05, 3.63) is 54.2 Å². The van der Waals surface area contributed by atoms with Crippen LogP contribution in [0, 0.1) is 5.92 Å². The third-order valence-electron chi connectivity index (χ3n) is 3.94. The Morgan fingerprint density at radius 2 is 2.00 bits per heavy atom. The number of rotatable bonds is 4. The predicted octanol–water partition coefficient (Wildman–Crippen LogP) is 2.57. The fraction of sp³-hybridized carbons (Fsp3) is 0.278. The first-order chi connectivity index (χ1) is 11.6. The first-order valence-electron chi connectivity index (χ1n) is 7.93. The lowest BCUT2D eigenvalue weighted by molar-refractivity contribution is -0.117. The standard InChI is InChI=1S/C18H20N4O2/c1-12(2)17-20-14-8-4-3-7-13(14)18(24)22(17)11-16(23)21-15-9-5-6-10-19-15/h3-10,12,17,20H,11H2,1-2H3,(H,19,21,23)/t17-/m0/s1. The fourth-order valence-corrected chi connectivity index (χ4v) is 2.78. The molecule has 0 unspecified atom stereocenters. The molecule has 6 nitrogen and oxygen atoms in total. The molecule has 0 aliphatic carbocycles. The molecule has 124 valence electrons. The minimum atomic E-state index is -0.270. The van der Waals surface area contributed by atoms with Crippen molar-refractivity contribution in [2.24, 2.45) is 5.92 Å². The highest BCUT2D eigenvalue weighted by molar-refractivity contribution is 6.04. The number of nitrogens with zero attached hydrogens (tertiary/aromatic N) is 2. The number of fused-ring (bicyclic) bond motifs is 1. The molecule has 2 heterocycles. The van der Waals surface area contributed by atoms with Crippen LogP contribution in [0.3, 0.4) is 0 Å². The number of amides is 2. The number of nitrogens with one attached hydrogen (secondary N) is 2. The summed E-state index contributed by atoms with van der Waals surface area (Å²) in [7, 11) is 0. The Kier molecular flexibility index (Phi) is 4.46. The van der Waals surface area contributed by atoms with E-state index in [0.29, 0.717) is 11.4 Å². The zero-order chi connectivity index (χ0) is 17.1. The molecule has 0 saturated carbocycles. The van der Waals surface area contributed by atoms with E-state index in [2.05, 4.69) is 15.6 Å². The lowest BCUT2D eigenvalue weighted by Gasteiger charge is -2.39. The molecule has 2 N–H and O–H groups in total. The zero-order valence-electron chi connectivity index (χ0n) is 13.7. The zero-order valence-corrected chi connectivity index (χ0v) is 13.7. The van der Waals surface area contributed by atoms with Crippen LogP contribution in [0.25, 0.3) is 0 Å². The molecule has 0 radical (unpaired) electrons. The summed E-state index contributed by atoms with van der Waals surface area (Å²) in [6, 6.07) is 12.6. The molecule has 6 heteroatoms. The number of para-hydroxylation sites is 1. The number of pyridine rings is 1. The van der Waals surface area contributed by atoms with Crippen LogP contribution in [0.4, 0.5) is 11.5 Å². The largest absolute Gasteiger partial charge is 0.364 e. The lowest BCUT2D eigenvalue weighted by atomic mass is 10.0. The molecule has 0 bridgehead atoms. The average Bonchev–Trinajstić information content (AvgIpc) is 2.58. The predicted molar refractivity (Wildman–Crippen MR) is 92.6 cm³/mol. The Labute approximate surface area is 140 Å². The molecule has 3 rings (SSSR count). The summed E-state index contributed by atoms with van der Waals surface area (Å²) >= 11 is 0. The van der Waals surface area contributed by atoms with Crippen molar-refractivity contribution in [1.82, 2.24) is 9.88 Å². The van der Waals surface area contributed by atoms with Crippen LogP contribution in [0.2, 0.25) is 0 Å². The Balaban J connectivity index is 1.80. The number of hydrogen-bond acceptors (Lipinski definition) is 4. The average molecular weight is 324 g/mol. The van der Waals surface area contributed by atoms with Gasteiger partial charge >= 0.3 is 0 Å². The molecule has 0 saturated heterocycles. The Bertz CT molecular complexity index is 746. The monoisotopic (exact) mass is 324 g/mol. The molecule has 1 aromatic carbocycles. The Morgan fingerprint density at radius 1 is 1.25 bits per heavy atom.